The highest BCUT2D eigenvalue weighted by molar-refractivity contribution is 6.29. The second kappa shape index (κ2) is 4.97. The van der Waals surface area contributed by atoms with Gasteiger partial charge in [0, 0.05) is 6.42 Å². The number of hydrogen-bond donors (Lipinski definition) is 2. The van der Waals surface area contributed by atoms with E-state index < -0.39 is 0 Å². The molecular formula is C14H14ClN3O. The first kappa shape index (κ1) is 12.1. The van der Waals surface area contributed by atoms with Crippen LogP contribution in [0.1, 0.15) is 5.56 Å². The quantitative estimate of drug-likeness (QED) is 0.846. The van der Waals surface area contributed by atoms with Crippen molar-refractivity contribution < 1.29 is 4.74 Å². The van der Waals surface area contributed by atoms with Gasteiger partial charge >= 0.3 is 0 Å². The molecular weight excluding hydrogens is 262 g/mol. The topological polar surface area (TPSA) is 60.2 Å². The van der Waals surface area contributed by atoms with Crippen molar-refractivity contribution in [2.24, 2.45) is 0 Å². The monoisotopic (exact) mass is 275 g/mol. The fourth-order valence-corrected chi connectivity index (χ4v) is 2.31. The van der Waals surface area contributed by atoms with E-state index in [1.54, 1.807) is 12.1 Å². The largest absolute Gasteiger partial charge is 0.488 e. The van der Waals surface area contributed by atoms with Gasteiger partial charge in [0.25, 0.3) is 0 Å². The van der Waals surface area contributed by atoms with Gasteiger partial charge in [-0.05, 0) is 23.8 Å². The van der Waals surface area contributed by atoms with Gasteiger partial charge in [-0.2, -0.15) is 0 Å². The van der Waals surface area contributed by atoms with Gasteiger partial charge in [0.05, 0.1) is 12.2 Å². The minimum atomic E-state index is 0.0950. The van der Waals surface area contributed by atoms with Crippen LogP contribution in [0.2, 0.25) is 5.15 Å². The number of ether oxygens (including phenoxy) is 1. The van der Waals surface area contributed by atoms with Crippen LogP contribution in [0, 0.1) is 0 Å². The molecule has 0 saturated carbocycles. The van der Waals surface area contributed by atoms with Crippen molar-refractivity contribution in [1.29, 1.82) is 0 Å². The van der Waals surface area contributed by atoms with Crippen LogP contribution in [0.25, 0.3) is 0 Å². The van der Waals surface area contributed by atoms with E-state index in [4.69, 9.17) is 22.1 Å². The van der Waals surface area contributed by atoms with Gasteiger partial charge in [0.2, 0.25) is 0 Å². The lowest BCUT2D eigenvalue weighted by molar-refractivity contribution is 0.246. The van der Waals surface area contributed by atoms with Gasteiger partial charge in [-0.15, -0.1) is 0 Å². The Labute approximate surface area is 116 Å². The minimum Gasteiger partial charge on any atom is -0.488 e. The summed E-state index contributed by atoms with van der Waals surface area (Å²) in [6.07, 6.45) is 0.987. The number of fused-ring (bicyclic) bond motifs is 1. The maximum Gasteiger partial charge on any atom is 0.151 e. The van der Waals surface area contributed by atoms with E-state index >= 15 is 0 Å². The molecule has 1 unspecified atom stereocenters. The van der Waals surface area contributed by atoms with Gasteiger partial charge in [0.15, 0.2) is 5.82 Å². The summed E-state index contributed by atoms with van der Waals surface area (Å²) in [5.74, 6) is 1.56. The van der Waals surface area contributed by atoms with Crippen molar-refractivity contribution in [2.45, 2.75) is 12.5 Å². The summed E-state index contributed by atoms with van der Waals surface area (Å²) in [5, 5.41) is 3.61. The molecule has 0 bridgehead atoms. The highest BCUT2D eigenvalue weighted by Crippen LogP contribution is 2.28. The number of rotatable bonds is 3. The van der Waals surface area contributed by atoms with E-state index in [0.717, 1.165) is 12.2 Å². The van der Waals surface area contributed by atoms with E-state index in [0.29, 0.717) is 23.2 Å². The van der Waals surface area contributed by atoms with E-state index in [1.807, 2.05) is 18.2 Å². The molecule has 1 atom stereocenters. The molecule has 1 aliphatic heterocycles. The van der Waals surface area contributed by atoms with Crippen LogP contribution in [-0.2, 0) is 6.42 Å². The Bertz CT molecular complexity index is 578. The number of nitrogens with zero attached hydrogens (tertiary/aromatic N) is 1. The Balaban J connectivity index is 1.64. The molecule has 5 heteroatoms. The zero-order chi connectivity index (χ0) is 13.2. The van der Waals surface area contributed by atoms with Gasteiger partial charge in [-0.1, -0.05) is 29.8 Å². The molecule has 1 aliphatic rings. The molecule has 0 aliphatic carbocycles. The normalized spacial score (nSPS) is 16.8. The first-order valence-corrected chi connectivity index (χ1v) is 6.50. The summed E-state index contributed by atoms with van der Waals surface area (Å²) in [4.78, 5) is 4.16. The van der Waals surface area contributed by atoms with Crippen LogP contribution >= 0.6 is 11.6 Å². The summed E-state index contributed by atoms with van der Waals surface area (Å²) in [5.41, 5.74) is 7.65. The van der Waals surface area contributed by atoms with Crippen LogP contribution < -0.4 is 15.8 Å². The Morgan fingerprint density at radius 2 is 2.16 bits per heavy atom. The van der Waals surface area contributed by atoms with Gasteiger partial charge in [0.1, 0.15) is 17.0 Å². The van der Waals surface area contributed by atoms with Crippen LogP contribution in [0.3, 0.4) is 0 Å². The Hall–Kier alpha value is -1.94. The van der Waals surface area contributed by atoms with Gasteiger partial charge < -0.3 is 15.8 Å². The number of anilines is 2. The summed E-state index contributed by atoms with van der Waals surface area (Å²) in [6, 6.07) is 11.5. The highest BCUT2D eigenvalue weighted by atomic mass is 35.5. The lowest BCUT2D eigenvalue weighted by Crippen LogP contribution is -2.24. The molecule has 2 aromatic rings. The Kier molecular flexibility index (Phi) is 3.17. The van der Waals surface area contributed by atoms with Crippen molar-refractivity contribution in [2.75, 3.05) is 17.6 Å². The number of para-hydroxylation sites is 1. The second-order valence-electron chi connectivity index (χ2n) is 4.50. The standard InChI is InChI=1S/C14H14ClN3O/c15-13-6-5-11(16)14(18-13)17-8-10-7-9-3-1-2-4-12(9)19-10/h1-6,10H,7-8,16H2,(H,17,18). The van der Waals surface area contributed by atoms with Crippen molar-refractivity contribution in [3.05, 3.63) is 47.1 Å². The molecule has 1 aromatic heterocycles. The zero-order valence-electron chi connectivity index (χ0n) is 10.3. The van der Waals surface area contributed by atoms with E-state index in [-0.39, 0.29) is 6.10 Å². The van der Waals surface area contributed by atoms with Gasteiger partial charge in [-0.3, -0.25) is 0 Å². The van der Waals surface area contributed by atoms with Gasteiger partial charge in [-0.25, -0.2) is 4.98 Å². The van der Waals surface area contributed by atoms with Crippen LogP contribution in [0.4, 0.5) is 11.5 Å². The molecule has 19 heavy (non-hydrogen) atoms. The third-order valence-electron chi connectivity index (χ3n) is 3.10. The number of halogens is 1. The predicted octanol–water partition coefficient (Wildman–Crippen LogP) is 2.73. The molecule has 3 rings (SSSR count). The summed E-state index contributed by atoms with van der Waals surface area (Å²) >= 11 is 5.85. The number of nitrogen functional groups attached to an aromatic ring is 1. The van der Waals surface area contributed by atoms with Crippen LogP contribution in [0.15, 0.2) is 36.4 Å². The molecule has 0 spiro atoms. The average Bonchev–Trinajstić information content (AvgIpc) is 2.82. The smallest absolute Gasteiger partial charge is 0.151 e. The fraction of sp³-hybridized carbons (Fsp3) is 0.214. The zero-order valence-corrected chi connectivity index (χ0v) is 11.0. The molecule has 3 N–H and O–H groups in total. The molecule has 0 saturated heterocycles. The molecule has 1 aromatic carbocycles. The lowest BCUT2D eigenvalue weighted by atomic mass is 10.1. The van der Waals surface area contributed by atoms with E-state index in [1.165, 1.54) is 5.56 Å². The maximum atomic E-state index is 5.85. The molecule has 0 radical (unpaired) electrons. The number of benzene rings is 1. The molecule has 2 heterocycles. The van der Waals surface area contributed by atoms with Crippen LogP contribution in [-0.4, -0.2) is 17.6 Å². The summed E-state index contributed by atoms with van der Waals surface area (Å²) in [6.45, 7) is 0.645. The SMILES string of the molecule is Nc1ccc(Cl)nc1NCC1Cc2ccccc2O1. The Morgan fingerprint density at radius 3 is 3.00 bits per heavy atom. The molecule has 98 valence electrons. The number of aromatic nitrogens is 1. The molecule has 4 nitrogen and oxygen atoms in total. The fourth-order valence-electron chi connectivity index (χ4n) is 2.17. The second-order valence-corrected chi connectivity index (χ2v) is 4.89. The number of nitrogens with one attached hydrogen (secondary N) is 1. The Morgan fingerprint density at radius 1 is 1.32 bits per heavy atom. The van der Waals surface area contributed by atoms with Crippen molar-refractivity contribution in [3.63, 3.8) is 0 Å². The summed E-state index contributed by atoms with van der Waals surface area (Å²) < 4.78 is 5.83. The third kappa shape index (κ3) is 2.58. The van der Waals surface area contributed by atoms with Crippen molar-refractivity contribution in [3.8, 4) is 5.75 Å². The van der Waals surface area contributed by atoms with Crippen molar-refractivity contribution >= 4 is 23.1 Å². The highest BCUT2D eigenvalue weighted by Gasteiger charge is 2.22. The van der Waals surface area contributed by atoms with E-state index in [2.05, 4.69) is 16.4 Å². The predicted molar refractivity (Wildman–Crippen MR) is 76.7 cm³/mol. The van der Waals surface area contributed by atoms with Crippen molar-refractivity contribution in [1.82, 2.24) is 4.98 Å². The number of nitrogens with two attached hydrogens (primary N) is 1. The molecule has 0 amide bonds. The third-order valence-corrected chi connectivity index (χ3v) is 3.31. The maximum absolute atomic E-state index is 5.85. The van der Waals surface area contributed by atoms with E-state index in [9.17, 15) is 0 Å². The lowest BCUT2D eigenvalue weighted by Gasteiger charge is -2.13. The number of pyridine rings is 1. The van der Waals surface area contributed by atoms with Crippen LogP contribution in [0.5, 0.6) is 5.75 Å². The first-order chi connectivity index (χ1) is 9.22. The first-order valence-electron chi connectivity index (χ1n) is 6.13. The molecule has 0 fully saturated rings. The minimum absolute atomic E-state index is 0.0950. The summed E-state index contributed by atoms with van der Waals surface area (Å²) in [7, 11) is 0. The number of hydrogen-bond acceptors (Lipinski definition) is 4. The average molecular weight is 276 g/mol.